The molecule has 0 bridgehead atoms. The molecule has 1 rings (SSSR count). The predicted molar refractivity (Wildman–Crippen MR) is 75.2 cm³/mol. The molecule has 6 heteroatoms. The summed E-state index contributed by atoms with van der Waals surface area (Å²) in [4.78, 5) is 33.6. The van der Waals surface area contributed by atoms with Gasteiger partial charge in [0, 0.05) is 6.54 Å². The zero-order valence-corrected chi connectivity index (χ0v) is 11.5. The number of carbonyl (C=O) groups is 3. The highest BCUT2D eigenvalue weighted by Gasteiger charge is 2.22. The van der Waals surface area contributed by atoms with Gasteiger partial charge in [-0.1, -0.05) is 36.9 Å². The Hall–Kier alpha value is -2.63. The van der Waals surface area contributed by atoms with Gasteiger partial charge in [-0.15, -0.1) is 0 Å². The Bertz CT molecular complexity index is 512. The SMILES string of the molecule is C=CC(=O)NC[C@H](CC(=O)OCc1ccccc1)C(=O)O. The van der Waals surface area contributed by atoms with Crippen LogP contribution in [0.4, 0.5) is 0 Å². The number of carboxylic acids is 1. The molecule has 1 aromatic carbocycles. The van der Waals surface area contributed by atoms with Crippen molar-refractivity contribution in [3.8, 4) is 0 Å². The Morgan fingerprint density at radius 3 is 2.52 bits per heavy atom. The minimum atomic E-state index is -1.17. The molecule has 0 aliphatic rings. The van der Waals surface area contributed by atoms with Gasteiger partial charge in [-0.3, -0.25) is 14.4 Å². The first kappa shape index (κ1) is 16.4. The van der Waals surface area contributed by atoms with Crippen LogP contribution in [0.1, 0.15) is 12.0 Å². The highest BCUT2D eigenvalue weighted by molar-refractivity contribution is 5.87. The number of hydrogen-bond acceptors (Lipinski definition) is 4. The molecule has 0 spiro atoms. The summed E-state index contributed by atoms with van der Waals surface area (Å²) in [6.45, 7) is 3.19. The quantitative estimate of drug-likeness (QED) is 0.553. The first-order chi connectivity index (χ1) is 10.0. The van der Waals surface area contributed by atoms with Crippen LogP contribution in [0.15, 0.2) is 43.0 Å². The Labute approximate surface area is 122 Å². The van der Waals surface area contributed by atoms with Gasteiger partial charge in [-0.25, -0.2) is 0 Å². The summed E-state index contributed by atoms with van der Waals surface area (Å²) in [6, 6.07) is 9.06. The summed E-state index contributed by atoms with van der Waals surface area (Å²) in [5, 5.41) is 11.4. The summed E-state index contributed by atoms with van der Waals surface area (Å²) < 4.78 is 5.01. The Kier molecular flexibility index (Phi) is 6.67. The Morgan fingerprint density at radius 1 is 1.29 bits per heavy atom. The van der Waals surface area contributed by atoms with E-state index in [1.165, 1.54) is 0 Å². The third-order valence-electron chi connectivity index (χ3n) is 2.71. The van der Waals surface area contributed by atoms with E-state index in [1.807, 2.05) is 18.2 Å². The first-order valence-electron chi connectivity index (χ1n) is 6.35. The van der Waals surface area contributed by atoms with Crippen LogP contribution in [-0.2, 0) is 25.7 Å². The van der Waals surface area contributed by atoms with Crippen LogP contribution in [0.5, 0.6) is 0 Å². The van der Waals surface area contributed by atoms with Crippen molar-refractivity contribution in [2.45, 2.75) is 13.0 Å². The van der Waals surface area contributed by atoms with Gasteiger partial charge < -0.3 is 15.2 Å². The molecule has 0 unspecified atom stereocenters. The number of carbonyl (C=O) groups excluding carboxylic acids is 2. The lowest BCUT2D eigenvalue weighted by Gasteiger charge is -2.12. The average molecular weight is 291 g/mol. The standard InChI is InChI=1S/C15H17NO5/c1-2-13(17)16-9-12(15(19)20)8-14(18)21-10-11-6-4-3-5-7-11/h2-7,12H,1,8-10H2,(H,16,17)(H,19,20)/t12-/m0/s1. The van der Waals surface area contributed by atoms with Crippen molar-refractivity contribution in [2.75, 3.05) is 6.54 Å². The van der Waals surface area contributed by atoms with Gasteiger partial charge in [0.05, 0.1) is 12.3 Å². The van der Waals surface area contributed by atoms with E-state index in [4.69, 9.17) is 9.84 Å². The van der Waals surface area contributed by atoms with Gasteiger partial charge in [0.2, 0.25) is 5.91 Å². The molecule has 0 saturated carbocycles. The largest absolute Gasteiger partial charge is 0.481 e. The second-order valence-electron chi connectivity index (χ2n) is 4.33. The fourth-order valence-corrected chi connectivity index (χ4v) is 1.54. The number of aliphatic carboxylic acids is 1. The molecule has 0 fully saturated rings. The number of benzene rings is 1. The van der Waals surface area contributed by atoms with E-state index in [1.54, 1.807) is 12.1 Å². The molecule has 0 aliphatic carbocycles. The summed E-state index contributed by atoms with van der Waals surface area (Å²) in [5.74, 6) is -3.31. The van der Waals surface area contributed by atoms with Crippen molar-refractivity contribution < 1.29 is 24.2 Å². The third-order valence-corrected chi connectivity index (χ3v) is 2.71. The lowest BCUT2D eigenvalue weighted by Crippen LogP contribution is -2.33. The van der Waals surface area contributed by atoms with Gasteiger partial charge in [0.1, 0.15) is 6.61 Å². The van der Waals surface area contributed by atoms with Gasteiger partial charge in [-0.05, 0) is 11.6 Å². The fraction of sp³-hybridized carbons (Fsp3) is 0.267. The summed E-state index contributed by atoms with van der Waals surface area (Å²) in [5.41, 5.74) is 0.817. The van der Waals surface area contributed by atoms with Gasteiger partial charge >= 0.3 is 11.9 Å². The topological polar surface area (TPSA) is 92.7 Å². The molecule has 0 radical (unpaired) electrons. The Morgan fingerprint density at radius 2 is 1.95 bits per heavy atom. The molecular weight excluding hydrogens is 274 g/mol. The van der Waals surface area contributed by atoms with Crippen LogP contribution < -0.4 is 5.32 Å². The van der Waals surface area contributed by atoms with Crippen LogP contribution in [0, 0.1) is 5.92 Å². The molecule has 1 atom stereocenters. The van der Waals surface area contributed by atoms with Crippen molar-refractivity contribution in [2.24, 2.45) is 5.92 Å². The van der Waals surface area contributed by atoms with Gasteiger partial charge in [0.15, 0.2) is 0 Å². The van der Waals surface area contributed by atoms with E-state index in [2.05, 4.69) is 11.9 Å². The molecule has 6 nitrogen and oxygen atoms in total. The third kappa shape index (κ3) is 6.38. The molecule has 0 aromatic heterocycles. The van der Waals surface area contributed by atoms with Crippen LogP contribution in [0.3, 0.4) is 0 Å². The minimum absolute atomic E-state index is 0.0883. The van der Waals surface area contributed by atoms with Crippen molar-refractivity contribution in [1.82, 2.24) is 5.32 Å². The fourth-order valence-electron chi connectivity index (χ4n) is 1.54. The van der Waals surface area contributed by atoms with Gasteiger partial charge in [0.25, 0.3) is 0 Å². The van der Waals surface area contributed by atoms with E-state index < -0.39 is 23.8 Å². The minimum Gasteiger partial charge on any atom is -0.481 e. The number of amides is 1. The van der Waals surface area contributed by atoms with Crippen LogP contribution in [0.2, 0.25) is 0 Å². The van der Waals surface area contributed by atoms with Crippen molar-refractivity contribution in [3.63, 3.8) is 0 Å². The summed E-state index contributed by atoms with van der Waals surface area (Å²) in [7, 11) is 0. The summed E-state index contributed by atoms with van der Waals surface area (Å²) in [6.07, 6.45) is 0.728. The first-order valence-corrected chi connectivity index (χ1v) is 6.35. The number of esters is 1. The highest BCUT2D eigenvalue weighted by atomic mass is 16.5. The zero-order chi connectivity index (χ0) is 15.7. The Balaban J connectivity index is 2.43. The number of hydrogen-bond donors (Lipinski definition) is 2. The normalized spacial score (nSPS) is 11.2. The molecule has 0 saturated heterocycles. The molecule has 0 heterocycles. The number of rotatable bonds is 8. The monoisotopic (exact) mass is 291 g/mol. The predicted octanol–water partition coefficient (Wildman–Crippen LogP) is 1.12. The second kappa shape index (κ2) is 8.52. The molecule has 1 amide bonds. The van der Waals surface area contributed by atoms with Crippen LogP contribution in [0.25, 0.3) is 0 Å². The molecule has 0 aliphatic heterocycles. The molecular formula is C15H17NO5. The van der Waals surface area contributed by atoms with E-state index >= 15 is 0 Å². The van der Waals surface area contributed by atoms with E-state index in [9.17, 15) is 14.4 Å². The molecule has 21 heavy (non-hydrogen) atoms. The highest BCUT2D eigenvalue weighted by Crippen LogP contribution is 2.07. The second-order valence-corrected chi connectivity index (χ2v) is 4.33. The zero-order valence-electron chi connectivity index (χ0n) is 11.5. The van der Waals surface area contributed by atoms with Crippen LogP contribution >= 0.6 is 0 Å². The van der Waals surface area contributed by atoms with Crippen molar-refractivity contribution >= 4 is 17.8 Å². The maximum Gasteiger partial charge on any atom is 0.308 e. The lowest BCUT2D eigenvalue weighted by molar-refractivity contribution is -0.152. The maximum atomic E-state index is 11.6. The number of ether oxygens (including phenoxy) is 1. The number of carboxylic acid groups (broad SMARTS) is 1. The van der Waals surface area contributed by atoms with E-state index in [0.717, 1.165) is 11.6 Å². The molecule has 2 N–H and O–H groups in total. The molecule has 1 aromatic rings. The van der Waals surface area contributed by atoms with E-state index in [0.29, 0.717) is 0 Å². The van der Waals surface area contributed by atoms with Gasteiger partial charge in [-0.2, -0.15) is 0 Å². The lowest BCUT2D eigenvalue weighted by atomic mass is 10.1. The van der Waals surface area contributed by atoms with E-state index in [-0.39, 0.29) is 19.6 Å². The number of nitrogens with one attached hydrogen (secondary N) is 1. The van der Waals surface area contributed by atoms with Crippen molar-refractivity contribution in [3.05, 3.63) is 48.6 Å². The smallest absolute Gasteiger partial charge is 0.308 e. The molecule has 112 valence electrons. The average Bonchev–Trinajstić information content (AvgIpc) is 2.49. The maximum absolute atomic E-state index is 11.6. The van der Waals surface area contributed by atoms with Crippen LogP contribution in [-0.4, -0.2) is 29.5 Å². The summed E-state index contributed by atoms with van der Waals surface area (Å²) >= 11 is 0. The van der Waals surface area contributed by atoms with Crippen molar-refractivity contribution in [1.29, 1.82) is 0 Å².